The van der Waals surface area contributed by atoms with E-state index in [1.54, 1.807) is 6.20 Å². The Kier molecular flexibility index (Phi) is 3.20. The minimum Gasteiger partial charge on any atom is -0.349 e. The largest absolute Gasteiger partial charge is 0.349 e. The van der Waals surface area contributed by atoms with Gasteiger partial charge in [0, 0.05) is 6.20 Å². The normalized spacial score (nSPS) is 9.88. The quantitative estimate of drug-likeness (QED) is 0.631. The predicted molar refractivity (Wildman–Crippen MR) is 60.3 cm³/mol. The maximum absolute atomic E-state index is 10.4. The van der Waals surface area contributed by atoms with E-state index in [9.17, 15) is 10.1 Å². The number of nitrogens with one attached hydrogen (secondary N) is 1. The van der Waals surface area contributed by atoms with Crippen molar-refractivity contribution in [3.8, 4) is 0 Å². The second-order valence-electron chi connectivity index (χ2n) is 3.20. The highest BCUT2D eigenvalue weighted by molar-refractivity contribution is 5.31. The first kappa shape index (κ1) is 10.9. The topological polar surface area (TPSA) is 93.8 Å². The Labute approximate surface area is 96.7 Å². The van der Waals surface area contributed by atoms with Crippen molar-refractivity contribution in [1.82, 2.24) is 15.0 Å². The van der Waals surface area contributed by atoms with Gasteiger partial charge in [-0.05, 0) is 12.1 Å². The predicted octanol–water partition coefficient (Wildman–Crippen LogP) is 1.39. The van der Waals surface area contributed by atoms with E-state index >= 15 is 0 Å². The molecule has 0 radical (unpaired) electrons. The minimum atomic E-state index is -0.539. The molecule has 0 saturated carbocycles. The molecule has 1 N–H and O–H groups in total. The van der Waals surface area contributed by atoms with E-state index in [1.807, 2.05) is 18.2 Å². The number of rotatable bonds is 4. The van der Waals surface area contributed by atoms with Gasteiger partial charge in [-0.3, -0.25) is 15.1 Å². The summed E-state index contributed by atoms with van der Waals surface area (Å²) in [6.07, 6.45) is 4.01. The first-order valence-corrected chi connectivity index (χ1v) is 4.86. The third-order valence-electron chi connectivity index (χ3n) is 2.00. The molecule has 0 fully saturated rings. The van der Waals surface area contributed by atoms with E-state index in [1.165, 1.54) is 0 Å². The number of nitrogens with zero attached hydrogens (tertiary/aromatic N) is 4. The first-order chi connectivity index (χ1) is 8.25. The van der Waals surface area contributed by atoms with Crippen LogP contribution in [0.4, 0.5) is 11.6 Å². The van der Waals surface area contributed by atoms with Crippen LogP contribution < -0.4 is 5.32 Å². The van der Waals surface area contributed by atoms with Gasteiger partial charge in [-0.1, -0.05) is 6.07 Å². The molecule has 7 nitrogen and oxygen atoms in total. The summed E-state index contributed by atoms with van der Waals surface area (Å²) >= 11 is 0. The maximum Gasteiger partial charge on any atom is 0.305 e. The van der Waals surface area contributed by atoms with Gasteiger partial charge in [0.05, 0.1) is 17.2 Å². The van der Waals surface area contributed by atoms with Crippen molar-refractivity contribution in [2.45, 2.75) is 6.54 Å². The Balaban J connectivity index is 1.98. The fourth-order valence-corrected chi connectivity index (χ4v) is 1.18. The second kappa shape index (κ2) is 4.97. The molecule has 2 aromatic rings. The average molecular weight is 231 g/mol. The highest BCUT2D eigenvalue weighted by Gasteiger charge is 2.06. The number of hydrogen-bond acceptors (Lipinski definition) is 6. The van der Waals surface area contributed by atoms with Crippen molar-refractivity contribution < 1.29 is 4.92 Å². The summed E-state index contributed by atoms with van der Waals surface area (Å²) in [5.74, 6) is 0.334. The van der Waals surface area contributed by atoms with Gasteiger partial charge in [0.15, 0.2) is 0 Å². The van der Waals surface area contributed by atoms with Gasteiger partial charge in [0.1, 0.15) is 12.4 Å². The zero-order chi connectivity index (χ0) is 12.1. The van der Waals surface area contributed by atoms with Gasteiger partial charge in [-0.2, -0.15) is 0 Å². The van der Waals surface area contributed by atoms with Crippen LogP contribution in [0.15, 0.2) is 36.8 Å². The lowest BCUT2D eigenvalue weighted by atomic mass is 10.3. The molecule has 0 unspecified atom stereocenters. The lowest BCUT2D eigenvalue weighted by Crippen LogP contribution is -2.04. The molecule has 0 aliphatic carbocycles. The van der Waals surface area contributed by atoms with Crippen molar-refractivity contribution >= 4 is 11.6 Å². The van der Waals surface area contributed by atoms with Gasteiger partial charge in [-0.25, -0.2) is 9.97 Å². The van der Waals surface area contributed by atoms with Crippen LogP contribution in [-0.2, 0) is 6.54 Å². The van der Waals surface area contributed by atoms with Crippen LogP contribution in [0, 0.1) is 10.1 Å². The molecular formula is C10H9N5O2. The Morgan fingerprint density at radius 3 is 2.59 bits per heavy atom. The van der Waals surface area contributed by atoms with E-state index in [0.717, 1.165) is 18.1 Å². The van der Waals surface area contributed by atoms with Gasteiger partial charge >= 0.3 is 5.69 Å². The van der Waals surface area contributed by atoms with Gasteiger partial charge in [0.25, 0.3) is 0 Å². The fourth-order valence-electron chi connectivity index (χ4n) is 1.18. The molecule has 0 atom stereocenters. The van der Waals surface area contributed by atoms with E-state index in [4.69, 9.17) is 0 Å². The van der Waals surface area contributed by atoms with Crippen LogP contribution in [-0.4, -0.2) is 19.9 Å². The molecular weight excluding hydrogens is 222 g/mol. The highest BCUT2D eigenvalue weighted by Crippen LogP contribution is 2.08. The van der Waals surface area contributed by atoms with Crippen LogP contribution in [0.25, 0.3) is 0 Å². The number of anilines is 1. The standard InChI is InChI=1S/C10H9N5O2/c16-15(17)9-6-13-10(14-7-9)12-5-8-3-1-2-4-11-8/h1-4,6-7H,5H2,(H,12,13,14). The van der Waals surface area contributed by atoms with Crippen LogP contribution in [0.3, 0.4) is 0 Å². The maximum atomic E-state index is 10.4. The average Bonchev–Trinajstić information content (AvgIpc) is 2.38. The Morgan fingerprint density at radius 2 is 2.00 bits per heavy atom. The van der Waals surface area contributed by atoms with Gasteiger partial charge < -0.3 is 5.32 Å². The highest BCUT2D eigenvalue weighted by atomic mass is 16.6. The molecule has 0 amide bonds. The van der Waals surface area contributed by atoms with E-state index in [0.29, 0.717) is 12.5 Å². The summed E-state index contributed by atoms with van der Waals surface area (Å²) in [5.41, 5.74) is 0.711. The van der Waals surface area contributed by atoms with Crippen molar-refractivity contribution in [3.05, 3.63) is 52.6 Å². The number of nitro groups is 1. The molecule has 2 rings (SSSR count). The van der Waals surface area contributed by atoms with Gasteiger partial charge in [0.2, 0.25) is 5.95 Å². The monoisotopic (exact) mass is 231 g/mol. The summed E-state index contributed by atoms with van der Waals surface area (Å²) in [6.45, 7) is 0.471. The van der Waals surface area contributed by atoms with E-state index in [2.05, 4.69) is 20.3 Å². The number of hydrogen-bond donors (Lipinski definition) is 1. The van der Waals surface area contributed by atoms with Crippen LogP contribution >= 0.6 is 0 Å². The molecule has 0 aliphatic rings. The van der Waals surface area contributed by atoms with Crippen LogP contribution in [0.2, 0.25) is 0 Å². The van der Waals surface area contributed by atoms with Crippen LogP contribution in [0.5, 0.6) is 0 Å². The lowest BCUT2D eigenvalue weighted by Gasteiger charge is -2.02. The molecule has 0 spiro atoms. The molecule has 2 aromatic heterocycles. The zero-order valence-electron chi connectivity index (χ0n) is 8.78. The smallest absolute Gasteiger partial charge is 0.305 e. The van der Waals surface area contributed by atoms with Crippen molar-refractivity contribution in [1.29, 1.82) is 0 Å². The van der Waals surface area contributed by atoms with Crippen molar-refractivity contribution in [2.75, 3.05) is 5.32 Å². The molecule has 17 heavy (non-hydrogen) atoms. The summed E-state index contributed by atoms with van der Waals surface area (Å²) < 4.78 is 0. The Hall–Kier alpha value is -2.57. The summed E-state index contributed by atoms with van der Waals surface area (Å²) in [6, 6.07) is 5.56. The van der Waals surface area contributed by atoms with Crippen molar-refractivity contribution in [3.63, 3.8) is 0 Å². The SMILES string of the molecule is O=[N+]([O-])c1cnc(NCc2ccccn2)nc1. The van der Waals surface area contributed by atoms with Crippen LogP contribution in [0.1, 0.15) is 5.69 Å². The number of pyridine rings is 1. The van der Waals surface area contributed by atoms with Crippen molar-refractivity contribution in [2.24, 2.45) is 0 Å². The molecule has 0 aromatic carbocycles. The minimum absolute atomic E-state index is 0.131. The molecule has 2 heterocycles. The summed E-state index contributed by atoms with van der Waals surface area (Å²) in [7, 11) is 0. The summed E-state index contributed by atoms with van der Waals surface area (Å²) in [4.78, 5) is 21.6. The first-order valence-electron chi connectivity index (χ1n) is 4.86. The molecule has 0 aliphatic heterocycles. The van der Waals surface area contributed by atoms with Gasteiger partial charge in [-0.15, -0.1) is 0 Å². The third kappa shape index (κ3) is 2.94. The third-order valence-corrected chi connectivity index (χ3v) is 2.00. The fraction of sp³-hybridized carbons (Fsp3) is 0.100. The van der Waals surface area contributed by atoms with E-state index in [-0.39, 0.29) is 5.69 Å². The molecule has 7 heteroatoms. The number of aromatic nitrogens is 3. The zero-order valence-corrected chi connectivity index (χ0v) is 8.78. The molecule has 86 valence electrons. The molecule has 0 bridgehead atoms. The lowest BCUT2D eigenvalue weighted by molar-refractivity contribution is -0.385. The van der Waals surface area contributed by atoms with E-state index < -0.39 is 4.92 Å². The Bertz CT molecular complexity index is 500. The molecule has 0 saturated heterocycles. The summed E-state index contributed by atoms with van der Waals surface area (Å²) in [5, 5.41) is 13.3. The second-order valence-corrected chi connectivity index (χ2v) is 3.20. The Morgan fingerprint density at radius 1 is 1.24 bits per heavy atom.